The van der Waals surface area contributed by atoms with E-state index in [4.69, 9.17) is 71.1 Å². The average molecular weight is 1770 g/mol. The van der Waals surface area contributed by atoms with Gasteiger partial charge >= 0.3 is 0 Å². The van der Waals surface area contributed by atoms with Gasteiger partial charge in [0.05, 0.1) is 70.2 Å². The summed E-state index contributed by atoms with van der Waals surface area (Å²) < 4.78 is 88.4. The van der Waals surface area contributed by atoms with Crippen LogP contribution in [0.1, 0.15) is 20.3 Å². The fourth-order valence-corrected chi connectivity index (χ4v) is 12.1. The fourth-order valence-electron chi connectivity index (χ4n) is 12.1. The number of nitrogens with one attached hydrogen (secondary N) is 2. The first-order valence-electron chi connectivity index (χ1n) is 29.4. The Hall–Kier alpha value is 1.10. The molecule has 7 heterocycles. The van der Waals surface area contributed by atoms with Gasteiger partial charge in [0.25, 0.3) is 0 Å². The first-order valence-corrected chi connectivity index (χ1v) is 29.4. The molecule has 7 saturated heterocycles. The maximum absolute atomic E-state index is 12.3. The summed E-state index contributed by atoms with van der Waals surface area (Å²) in [5.41, 5.74) is 19.1. The van der Waals surface area contributed by atoms with Crippen molar-refractivity contribution in [2.75, 3.05) is 46.2 Å². The van der Waals surface area contributed by atoms with E-state index in [1.165, 1.54) is 19.9 Å². The predicted octanol–water partition coefficient (Wildman–Crippen LogP) is -12.4. The normalized spacial score (nSPS) is 51.9. The maximum Gasteiger partial charge on any atom is 0.187 e. The molecule has 8 rings (SSSR count). The zero-order chi connectivity index (χ0) is 66.1. The van der Waals surface area contributed by atoms with Crippen LogP contribution in [0.3, 0.4) is 0 Å². The molecule has 1 saturated carbocycles. The molecular weight excluding hydrogens is 1680 g/mol. The van der Waals surface area contributed by atoms with Gasteiger partial charge in [-0.1, -0.05) is 18.2 Å². The summed E-state index contributed by atoms with van der Waals surface area (Å²) in [6.45, 7) is 0.306. The van der Waals surface area contributed by atoms with Crippen LogP contribution in [0, 0.1) is 94.0 Å². The SMILES string of the molecule is C=CCO[C@@H]1OC(CO)[C@@H](O[C@@H]2OC(CO[C@@H]3CC(CO)[C@@H](O[C@@H]4OC(CO)[C@H](O)C(O)C4O)C(OC4OC(C)[C@@H](O)C(O)C4O)C3[NH-])[C@H](O)C(O[C@@H]3OC(CO)[C@@H](O[C@@H]4OC(C)[C@@H](O)C(O)C4O)C(O[C@@H]4OC(CO)[C@H](O)C(O)C4O)C3[NH-])C2O)C(O)C1O.[Ac].[Ac]. The fraction of sp³-hybridized carbons (Fsp3) is 0.962. The third-order valence-electron chi connectivity index (χ3n) is 17.5. The third kappa shape index (κ3) is 17.8. The summed E-state index contributed by atoms with van der Waals surface area (Å²) in [5, 5.41) is 228. The van der Waals surface area contributed by atoms with Gasteiger partial charge in [-0.2, -0.15) is 0 Å². The Morgan fingerprint density at radius 1 is 0.348 bits per heavy atom. The Morgan fingerprint density at radius 3 is 1.20 bits per heavy atom. The monoisotopic (exact) mass is 1770 g/mol. The summed E-state index contributed by atoms with van der Waals surface area (Å²) in [7, 11) is 0. The van der Waals surface area contributed by atoms with Crippen molar-refractivity contribution in [2.45, 2.75) is 260 Å². The van der Waals surface area contributed by atoms with Crippen molar-refractivity contribution in [2.24, 2.45) is 5.92 Å². The summed E-state index contributed by atoms with van der Waals surface area (Å²) in [6, 6.07) is -3.91. The molecule has 0 bridgehead atoms. The van der Waals surface area contributed by atoms with E-state index in [9.17, 15) is 119 Å². The zero-order valence-electron chi connectivity index (χ0n) is 49.7. The van der Waals surface area contributed by atoms with Gasteiger partial charge in [0.2, 0.25) is 0 Å². The number of aliphatic hydroxyl groups is 21. The molecule has 2 radical (unpaired) electrons. The van der Waals surface area contributed by atoms with E-state index in [1.54, 1.807) is 0 Å². The van der Waals surface area contributed by atoms with E-state index >= 15 is 0 Å². The Balaban J connectivity index is 0.00000672. The molecule has 1 aliphatic carbocycles. The maximum atomic E-state index is 12.3. The van der Waals surface area contributed by atoms with E-state index in [-0.39, 0.29) is 94.7 Å². The van der Waals surface area contributed by atoms with Crippen molar-refractivity contribution < 1.29 is 266 Å². The van der Waals surface area contributed by atoms with Gasteiger partial charge in [-0.05, 0) is 20.3 Å². The zero-order valence-corrected chi connectivity index (χ0v) is 59.2. The number of hydrogen-bond acceptors (Lipinski definition) is 36. The third-order valence-corrected chi connectivity index (χ3v) is 17.5. The van der Waals surface area contributed by atoms with Crippen LogP contribution >= 0.6 is 0 Å². The van der Waals surface area contributed by atoms with Crippen molar-refractivity contribution in [3.63, 3.8) is 0 Å². The van der Waals surface area contributed by atoms with Gasteiger partial charge in [-0.15, -0.1) is 6.58 Å². The van der Waals surface area contributed by atoms with Crippen molar-refractivity contribution in [1.29, 1.82) is 0 Å². The number of ether oxygens (including phenoxy) is 15. The molecule has 0 aromatic heterocycles. The molecule has 38 nitrogen and oxygen atoms in total. The summed E-state index contributed by atoms with van der Waals surface area (Å²) in [5.74, 6) is -1.25. The molecule has 7 aliphatic heterocycles. The molecule has 40 atom stereocenters. The molecule has 92 heavy (non-hydrogen) atoms. The molecule has 25 unspecified atom stereocenters. The Bertz CT molecular complexity index is 2210. The molecule has 530 valence electrons. The molecule has 23 N–H and O–H groups in total. The van der Waals surface area contributed by atoms with Crippen LogP contribution in [0.2, 0.25) is 0 Å². The van der Waals surface area contributed by atoms with Crippen LogP contribution in [0.25, 0.3) is 11.5 Å². The van der Waals surface area contributed by atoms with Gasteiger partial charge in [-0.25, -0.2) is 0 Å². The minimum atomic E-state index is -2.31. The van der Waals surface area contributed by atoms with Gasteiger partial charge in [0, 0.05) is 107 Å². The van der Waals surface area contributed by atoms with Gasteiger partial charge in [-0.3, -0.25) is 0 Å². The first-order chi connectivity index (χ1) is 42.7. The quantitative estimate of drug-likeness (QED) is 0.0422. The first kappa shape index (κ1) is 82.1. The van der Waals surface area contributed by atoms with Crippen LogP contribution in [0.4, 0.5) is 0 Å². The second kappa shape index (κ2) is 36.3. The summed E-state index contributed by atoms with van der Waals surface area (Å²) in [6.07, 6.45) is -67.9. The largest absolute Gasteiger partial charge is 0.670 e. The van der Waals surface area contributed by atoms with Gasteiger partial charge < -0.3 is 190 Å². The smallest absolute Gasteiger partial charge is 0.187 e. The summed E-state index contributed by atoms with van der Waals surface area (Å²) >= 11 is 0. The van der Waals surface area contributed by atoms with Crippen LogP contribution < -0.4 is 0 Å². The van der Waals surface area contributed by atoms with Crippen LogP contribution in [-0.2, 0) is 71.1 Å². The van der Waals surface area contributed by atoms with E-state index < -0.39 is 291 Å². The molecule has 8 fully saturated rings. The minimum Gasteiger partial charge on any atom is -0.670 e. The second-order valence-electron chi connectivity index (χ2n) is 23.5. The molecule has 0 aromatic rings. The predicted molar refractivity (Wildman–Crippen MR) is 283 cm³/mol. The Labute approximate surface area is 597 Å². The Kier molecular flexibility index (Phi) is 32.4. The minimum absolute atomic E-state index is 0. The average Bonchev–Trinajstić information content (AvgIpc) is 0.835. The summed E-state index contributed by atoms with van der Waals surface area (Å²) in [4.78, 5) is 0. The van der Waals surface area contributed by atoms with Crippen molar-refractivity contribution >= 4 is 0 Å². The Morgan fingerprint density at radius 2 is 0.717 bits per heavy atom. The molecule has 40 heteroatoms. The van der Waals surface area contributed by atoms with E-state index in [0.717, 1.165) is 0 Å². The number of aliphatic hydroxyl groups excluding tert-OH is 21. The van der Waals surface area contributed by atoms with Crippen LogP contribution in [0.15, 0.2) is 12.7 Å². The number of rotatable bonds is 23. The molecule has 8 aliphatic rings. The van der Waals surface area contributed by atoms with Gasteiger partial charge in [0.15, 0.2) is 37.7 Å². The standard InChI is InChI=1S/C52H88N2O36.2Ac/c1-4-5-76-47-38(74)33(69)41(19(10-58)83-47)86-52-39(75)45(90-46-23(54)44(89-51-37(73)32(68)27(63)18(9-57)81-51)42(20(11-59)82-46)87-48-34(70)29(65)24(60)13(2)78-48)28(64)21(84-52)12-77-16-6-15(7-55)40(85-50-36(72)31(67)26(62)17(8-56)80-50)43(22(16)53)88-49-35(71)30(66)25(61)14(3)79-49;;/h4,13-75H,1,5-12H2,2-3H3;;/q-2;;/t13?,14?,15?,16-,17?,18?,19?,20?,21?,22?,23?,24-,25-,26+,27+,28+,29?,30?,31?,32?,33?,34?,35?,36?,37?,38?,39?,40-,41-,42-,43?,44?,45?,46+,47-,48+,49?,50+,51+,52+;;/m1../s1. The van der Waals surface area contributed by atoms with E-state index in [0.29, 0.717) is 0 Å². The van der Waals surface area contributed by atoms with E-state index in [2.05, 4.69) is 6.58 Å². The van der Waals surface area contributed by atoms with Crippen molar-refractivity contribution in [3.05, 3.63) is 24.1 Å². The van der Waals surface area contributed by atoms with Crippen molar-refractivity contribution in [1.82, 2.24) is 0 Å². The second-order valence-corrected chi connectivity index (χ2v) is 23.5. The molecule has 0 aromatic carbocycles. The van der Waals surface area contributed by atoms with Crippen molar-refractivity contribution in [3.8, 4) is 0 Å². The van der Waals surface area contributed by atoms with E-state index in [1.807, 2.05) is 0 Å². The van der Waals surface area contributed by atoms with Gasteiger partial charge in [0.1, 0.15) is 153 Å². The van der Waals surface area contributed by atoms with Crippen LogP contribution in [0.5, 0.6) is 0 Å². The number of hydrogen-bond donors (Lipinski definition) is 21. The topological polar surface area (TPSA) is 611 Å². The molecule has 0 amide bonds. The van der Waals surface area contributed by atoms with Crippen LogP contribution in [-0.4, -0.2) is 393 Å². The molecule has 0 spiro atoms. The molecular formula is C52H88Ac2N2O36-2.